The van der Waals surface area contributed by atoms with E-state index in [1.54, 1.807) is 18.2 Å². The number of piperazine rings is 1. The molecule has 1 saturated heterocycles. The lowest BCUT2D eigenvalue weighted by Gasteiger charge is -2.35. The first-order valence-corrected chi connectivity index (χ1v) is 9.88. The minimum Gasteiger partial charge on any atom is -0.508 e. The SMILES string of the molecule is O=S(=O)(c1cc(Cl)sc1Cl)N1CCN(c2cccc(O)c2)CC1. The lowest BCUT2D eigenvalue weighted by atomic mass is 10.2. The van der Waals surface area contributed by atoms with Crippen molar-refractivity contribution in [2.45, 2.75) is 4.90 Å². The van der Waals surface area contributed by atoms with E-state index in [0.717, 1.165) is 17.0 Å². The Bertz CT molecular complexity index is 815. The van der Waals surface area contributed by atoms with Gasteiger partial charge in [-0.25, -0.2) is 8.42 Å². The molecule has 1 aliphatic rings. The molecule has 124 valence electrons. The standard InChI is InChI=1S/C14H14Cl2N2O3S2/c15-13-9-12(14(16)22-13)23(20,21)18-6-4-17(5-7-18)10-2-1-3-11(19)8-10/h1-3,8-9,19H,4-7H2. The number of rotatable bonds is 3. The molecule has 2 heterocycles. The van der Waals surface area contributed by atoms with Gasteiger partial charge >= 0.3 is 0 Å². The van der Waals surface area contributed by atoms with Crippen molar-refractivity contribution in [3.05, 3.63) is 39.0 Å². The Labute approximate surface area is 148 Å². The summed E-state index contributed by atoms with van der Waals surface area (Å²) in [6, 6.07) is 8.32. The number of thiophene rings is 1. The fraction of sp³-hybridized carbons (Fsp3) is 0.286. The van der Waals surface area contributed by atoms with Crippen LogP contribution in [-0.4, -0.2) is 44.0 Å². The Hall–Kier alpha value is -0.990. The number of benzene rings is 1. The second kappa shape index (κ2) is 6.49. The number of anilines is 1. The summed E-state index contributed by atoms with van der Waals surface area (Å²) in [5.74, 6) is 0.192. The third-order valence-electron chi connectivity index (χ3n) is 3.68. The van der Waals surface area contributed by atoms with Crippen LogP contribution in [0.25, 0.3) is 0 Å². The van der Waals surface area contributed by atoms with Crippen molar-refractivity contribution in [1.29, 1.82) is 0 Å². The zero-order valence-corrected chi connectivity index (χ0v) is 15.1. The van der Waals surface area contributed by atoms with Gasteiger partial charge in [0, 0.05) is 37.9 Å². The summed E-state index contributed by atoms with van der Waals surface area (Å²) < 4.78 is 27.3. The van der Waals surface area contributed by atoms with Crippen LogP contribution in [0, 0.1) is 0 Å². The first-order valence-electron chi connectivity index (χ1n) is 6.87. The van der Waals surface area contributed by atoms with E-state index in [2.05, 4.69) is 0 Å². The molecule has 0 saturated carbocycles. The molecule has 1 aliphatic heterocycles. The monoisotopic (exact) mass is 392 g/mol. The molecule has 2 aromatic rings. The molecule has 0 unspecified atom stereocenters. The third kappa shape index (κ3) is 3.44. The summed E-state index contributed by atoms with van der Waals surface area (Å²) in [6.45, 7) is 1.78. The average molecular weight is 393 g/mol. The van der Waals surface area contributed by atoms with E-state index in [9.17, 15) is 13.5 Å². The highest BCUT2D eigenvalue weighted by Crippen LogP contribution is 2.36. The fourth-order valence-corrected chi connectivity index (χ4v) is 6.05. The topological polar surface area (TPSA) is 60.9 Å². The van der Waals surface area contributed by atoms with Gasteiger partial charge in [-0.3, -0.25) is 0 Å². The van der Waals surface area contributed by atoms with Crippen molar-refractivity contribution in [3.8, 4) is 5.75 Å². The van der Waals surface area contributed by atoms with E-state index in [1.807, 2.05) is 11.0 Å². The number of sulfonamides is 1. The summed E-state index contributed by atoms with van der Waals surface area (Å²) in [6.07, 6.45) is 0. The number of aromatic hydroxyl groups is 1. The van der Waals surface area contributed by atoms with Gasteiger partial charge in [0.15, 0.2) is 0 Å². The Morgan fingerprint density at radius 1 is 1.09 bits per heavy atom. The summed E-state index contributed by atoms with van der Waals surface area (Å²) in [5.41, 5.74) is 0.874. The Balaban J connectivity index is 1.75. The predicted octanol–water partition coefficient (Wildman–Crippen LogP) is 3.27. The van der Waals surface area contributed by atoms with Crippen molar-refractivity contribution in [3.63, 3.8) is 0 Å². The van der Waals surface area contributed by atoms with Gasteiger partial charge < -0.3 is 10.0 Å². The Morgan fingerprint density at radius 3 is 2.35 bits per heavy atom. The summed E-state index contributed by atoms with van der Waals surface area (Å²) in [5, 5.41) is 9.55. The normalized spacial score (nSPS) is 16.7. The fourth-order valence-electron chi connectivity index (χ4n) is 2.52. The maximum atomic E-state index is 12.6. The van der Waals surface area contributed by atoms with Gasteiger partial charge in [-0.2, -0.15) is 4.31 Å². The molecule has 23 heavy (non-hydrogen) atoms. The molecule has 1 aromatic carbocycles. The highest BCUT2D eigenvalue weighted by molar-refractivity contribution is 7.89. The van der Waals surface area contributed by atoms with Crippen LogP contribution in [0.2, 0.25) is 8.67 Å². The van der Waals surface area contributed by atoms with Crippen LogP contribution in [0.5, 0.6) is 5.75 Å². The summed E-state index contributed by atoms with van der Waals surface area (Å²) in [4.78, 5) is 2.11. The lowest BCUT2D eigenvalue weighted by molar-refractivity contribution is 0.384. The van der Waals surface area contributed by atoms with Gasteiger partial charge in [-0.1, -0.05) is 29.3 Å². The van der Waals surface area contributed by atoms with Crippen LogP contribution in [0.3, 0.4) is 0 Å². The molecule has 0 atom stereocenters. The second-order valence-electron chi connectivity index (χ2n) is 5.10. The van der Waals surface area contributed by atoms with E-state index >= 15 is 0 Å². The summed E-state index contributed by atoms with van der Waals surface area (Å²) in [7, 11) is -3.63. The minimum absolute atomic E-state index is 0.0694. The van der Waals surface area contributed by atoms with Crippen LogP contribution in [0.1, 0.15) is 0 Å². The van der Waals surface area contributed by atoms with Crippen LogP contribution in [0.15, 0.2) is 35.2 Å². The molecule has 1 fully saturated rings. The van der Waals surface area contributed by atoms with Crippen molar-refractivity contribution in [2.75, 3.05) is 31.1 Å². The van der Waals surface area contributed by atoms with E-state index < -0.39 is 10.0 Å². The van der Waals surface area contributed by atoms with Crippen molar-refractivity contribution < 1.29 is 13.5 Å². The maximum Gasteiger partial charge on any atom is 0.245 e. The number of halogens is 2. The van der Waals surface area contributed by atoms with Gasteiger partial charge in [-0.05, 0) is 18.2 Å². The first kappa shape index (κ1) is 16.9. The van der Waals surface area contributed by atoms with Gasteiger partial charge in [-0.15, -0.1) is 11.3 Å². The van der Waals surface area contributed by atoms with Crippen LogP contribution >= 0.6 is 34.5 Å². The minimum atomic E-state index is -3.63. The quantitative estimate of drug-likeness (QED) is 0.870. The Kier molecular flexibility index (Phi) is 4.75. The molecule has 9 heteroatoms. The molecule has 3 rings (SSSR count). The average Bonchev–Trinajstić information content (AvgIpc) is 2.87. The highest BCUT2D eigenvalue weighted by Gasteiger charge is 2.31. The zero-order valence-electron chi connectivity index (χ0n) is 11.9. The third-order valence-corrected chi connectivity index (χ3v) is 7.33. The molecular formula is C14H14Cl2N2O3S2. The second-order valence-corrected chi connectivity index (χ2v) is 9.29. The van der Waals surface area contributed by atoms with Crippen molar-refractivity contribution in [2.24, 2.45) is 0 Å². The van der Waals surface area contributed by atoms with Crippen molar-refractivity contribution >= 4 is 50.2 Å². The van der Waals surface area contributed by atoms with Gasteiger partial charge in [0.05, 0.1) is 4.34 Å². The predicted molar refractivity (Wildman–Crippen MR) is 93.4 cm³/mol. The number of hydrogen-bond acceptors (Lipinski definition) is 5. The molecule has 5 nitrogen and oxygen atoms in total. The van der Waals surface area contributed by atoms with Crippen LogP contribution in [0.4, 0.5) is 5.69 Å². The van der Waals surface area contributed by atoms with Gasteiger partial charge in [0.25, 0.3) is 0 Å². The van der Waals surface area contributed by atoms with Crippen molar-refractivity contribution in [1.82, 2.24) is 4.31 Å². The molecule has 0 bridgehead atoms. The number of phenols is 1. The van der Waals surface area contributed by atoms with Gasteiger partial charge in [0.2, 0.25) is 10.0 Å². The molecule has 0 spiro atoms. The highest BCUT2D eigenvalue weighted by atomic mass is 35.5. The largest absolute Gasteiger partial charge is 0.508 e. The van der Waals surface area contributed by atoms with E-state index in [0.29, 0.717) is 30.5 Å². The molecule has 0 amide bonds. The Morgan fingerprint density at radius 2 is 1.78 bits per heavy atom. The summed E-state index contributed by atoms with van der Waals surface area (Å²) >= 11 is 12.9. The van der Waals surface area contributed by atoms with E-state index in [-0.39, 0.29) is 15.0 Å². The van der Waals surface area contributed by atoms with Crippen LogP contribution in [-0.2, 0) is 10.0 Å². The first-order chi connectivity index (χ1) is 10.9. The maximum absolute atomic E-state index is 12.6. The molecule has 1 N–H and O–H groups in total. The van der Waals surface area contributed by atoms with Crippen LogP contribution < -0.4 is 4.90 Å². The number of phenolic OH excluding ortho intramolecular Hbond substituents is 1. The number of nitrogens with zero attached hydrogens (tertiary/aromatic N) is 2. The number of hydrogen-bond donors (Lipinski definition) is 1. The van der Waals surface area contributed by atoms with E-state index in [1.165, 1.54) is 10.4 Å². The molecule has 1 aromatic heterocycles. The molecular weight excluding hydrogens is 379 g/mol. The van der Waals surface area contributed by atoms with E-state index in [4.69, 9.17) is 23.2 Å². The molecule has 0 aliphatic carbocycles. The zero-order chi connectivity index (χ0) is 16.6. The smallest absolute Gasteiger partial charge is 0.245 e. The lowest BCUT2D eigenvalue weighted by Crippen LogP contribution is -2.48. The van der Waals surface area contributed by atoms with Gasteiger partial charge in [0.1, 0.15) is 15.0 Å². The molecule has 0 radical (unpaired) electrons.